The molecule has 2 aliphatic heterocycles. The van der Waals surface area contributed by atoms with Crippen LogP contribution in [0.4, 0.5) is 4.79 Å². The van der Waals surface area contributed by atoms with Crippen LogP contribution in [-0.4, -0.2) is 103 Å². The predicted octanol–water partition coefficient (Wildman–Crippen LogP) is 2.51. The number of Topliss-reactive ketones (excluding diaryl/α,β-unsaturated/α-hetero) is 1. The van der Waals surface area contributed by atoms with E-state index in [1.807, 2.05) is 6.92 Å². The highest BCUT2D eigenvalue weighted by atomic mass is 32.2. The summed E-state index contributed by atoms with van der Waals surface area (Å²) in [4.78, 5) is 68.8. The largest absolute Gasteiger partial charge is 0.379 e. The average molecular weight is 696 g/mol. The molecular weight excluding hydrogens is 638 g/mol. The maximum atomic E-state index is 14.1. The monoisotopic (exact) mass is 695 g/mol. The Morgan fingerprint density at radius 1 is 0.917 bits per heavy atom. The molecule has 0 aromatic rings. The predicted molar refractivity (Wildman–Crippen MR) is 181 cm³/mol. The van der Waals surface area contributed by atoms with Crippen molar-refractivity contribution in [3.63, 3.8) is 0 Å². The maximum absolute atomic E-state index is 14.1. The van der Waals surface area contributed by atoms with Gasteiger partial charge in [-0.15, -0.1) is 0 Å². The van der Waals surface area contributed by atoms with Crippen molar-refractivity contribution in [3.05, 3.63) is 0 Å². The van der Waals surface area contributed by atoms with Gasteiger partial charge < -0.3 is 30.9 Å². The summed E-state index contributed by atoms with van der Waals surface area (Å²) in [5.41, 5.74) is -0.964. The van der Waals surface area contributed by atoms with Crippen molar-refractivity contribution in [3.8, 4) is 0 Å². The first-order valence-corrected chi connectivity index (χ1v) is 19.6. The van der Waals surface area contributed by atoms with Crippen LogP contribution in [0.5, 0.6) is 0 Å². The molecule has 4 atom stereocenters. The van der Waals surface area contributed by atoms with E-state index in [1.165, 1.54) is 4.90 Å². The number of nitrogens with one attached hydrogen (secondary N) is 4. The first-order valence-electron chi connectivity index (χ1n) is 18.0. The van der Waals surface area contributed by atoms with Crippen molar-refractivity contribution in [2.45, 2.75) is 152 Å². The van der Waals surface area contributed by atoms with Gasteiger partial charge in [-0.3, -0.25) is 19.2 Å². The first kappa shape index (κ1) is 38.1. The third-order valence-electron chi connectivity index (χ3n) is 10.3. The maximum Gasteiger partial charge on any atom is 0.315 e. The molecule has 4 N–H and O–H groups in total. The topological polar surface area (TPSA) is 180 Å². The van der Waals surface area contributed by atoms with Crippen LogP contribution in [0.2, 0.25) is 0 Å². The van der Waals surface area contributed by atoms with E-state index in [-0.39, 0.29) is 30.9 Å². The summed E-state index contributed by atoms with van der Waals surface area (Å²) in [6.07, 6.45) is 10.0. The van der Waals surface area contributed by atoms with E-state index in [2.05, 4.69) is 21.3 Å². The number of carbonyl (C=O) groups is 5. The summed E-state index contributed by atoms with van der Waals surface area (Å²) in [5, 5.41) is 11.3. The number of sulfone groups is 1. The third-order valence-corrected chi connectivity index (χ3v) is 13.1. The van der Waals surface area contributed by atoms with Crippen molar-refractivity contribution in [1.82, 2.24) is 26.2 Å². The van der Waals surface area contributed by atoms with Gasteiger partial charge in [0.05, 0.1) is 28.7 Å². The molecule has 2 heterocycles. The summed E-state index contributed by atoms with van der Waals surface area (Å²) in [5.74, 6) is -2.78. The van der Waals surface area contributed by atoms with Crippen molar-refractivity contribution < 1.29 is 37.1 Å². The summed E-state index contributed by atoms with van der Waals surface area (Å²) in [6, 6.07) is -3.67. The molecule has 5 amide bonds. The number of fused-ring (bicyclic) bond motifs is 1. The molecule has 14 heteroatoms. The van der Waals surface area contributed by atoms with Crippen LogP contribution in [0.25, 0.3) is 0 Å². The zero-order valence-electron chi connectivity index (χ0n) is 29.2. The van der Waals surface area contributed by atoms with Gasteiger partial charge in [-0.2, -0.15) is 0 Å². The Kier molecular flexibility index (Phi) is 12.9. The first-order chi connectivity index (χ1) is 22.6. The second-order valence-electron chi connectivity index (χ2n) is 15.4. The summed E-state index contributed by atoms with van der Waals surface area (Å²) >= 11 is 0. The van der Waals surface area contributed by atoms with Crippen LogP contribution in [0.1, 0.15) is 118 Å². The number of hydrogen-bond acceptors (Lipinski definition) is 8. The third kappa shape index (κ3) is 10.1. The van der Waals surface area contributed by atoms with Crippen LogP contribution in [0.15, 0.2) is 0 Å². The molecule has 48 heavy (non-hydrogen) atoms. The SMILES string of the molecule is C[C@H]1CCN2C(=O)[C@@H](NC(=O)NC3(CS(=O)(=O)C(C)(C)C)CCCCC3)COCCCCCCC[C@@H](C(=O)C(=O)NC3CC3)NC(=O)[C@H]12. The Morgan fingerprint density at radius 3 is 2.23 bits per heavy atom. The molecule has 2 saturated heterocycles. The number of amides is 5. The molecule has 0 unspecified atom stereocenters. The minimum Gasteiger partial charge on any atom is -0.379 e. The van der Waals surface area contributed by atoms with E-state index in [4.69, 9.17) is 4.74 Å². The number of ether oxygens (including phenoxy) is 1. The van der Waals surface area contributed by atoms with Gasteiger partial charge in [-0.05, 0) is 71.6 Å². The number of ketones is 1. The highest BCUT2D eigenvalue weighted by molar-refractivity contribution is 7.92. The summed E-state index contributed by atoms with van der Waals surface area (Å²) in [7, 11) is -3.56. The van der Waals surface area contributed by atoms with Crippen molar-refractivity contribution in [2.24, 2.45) is 5.92 Å². The van der Waals surface area contributed by atoms with Crippen molar-refractivity contribution in [1.29, 1.82) is 0 Å². The van der Waals surface area contributed by atoms with Gasteiger partial charge in [0.15, 0.2) is 9.84 Å². The quantitative estimate of drug-likeness (QED) is 0.293. The molecule has 4 rings (SSSR count). The molecule has 272 valence electrons. The van der Waals surface area contributed by atoms with Gasteiger partial charge in [0.25, 0.3) is 5.91 Å². The van der Waals surface area contributed by atoms with Crippen molar-refractivity contribution in [2.75, 3.05) is 25.5 Å². The zero-order chi connectivity index (χ0) is 35.1. The van der Waals surface area contributed by atoms with E-state index in [0.29, 0.717) is 38.7 Å². The highest BCUT2D eigenvalue weighted by Gasteiger charge is 2.45. The molecule has 0 radical (unpaired) electrons. The van der Waals surface area contributed by atoms with Crippen LogP contribution < -0.4 is 21.3 Å². The summed E-state index contributed by atoms with van der Waals surface area (Å²) < 4.78 is 31.4. The lowest BCUT2D eigenvalue weighted by atomic mass is 9.83. The molecule has 0 bridgehead atoms. The number of urea groups is 1. The fraction of sp³-hybridized carbons (Fsp3) is 0.853. The van der Waals surface area contributed by atoms with Crippen molar-refractivity contribution >= 4 is 39.4 Å². The minimum atomic E-state index is -3.56. The number of nitrogens with zero attached hydrogens (tertiary/aromatic N) is 1. The number of rotatable bonds is 7. The van der Waals surface area contributed by atoms with E-state index in [0.717, 1.165) is 57.8 Å². The Balaban J connectivity index is 1.52. The highest BCUT2D eigenvalue weighted by Crippen LogP contribution is 2.33. The molecule has 13 nitrogen and oxygen atoms in total. The Hall–Kier alpha value is -2.74. The molecule has 0 spiro atoms. The van der Waals surface area contributed by atoms with Crippen LogP contribution in [0, 0.1) is 5.92 Å². The fourth-order valence-electron chi connectivity index (χ4n) is 6.97. The van der Waals surface area contributed by atoms with Crippen LogP contribution in [0.3, 0.4) is 0 Å². The number of hydrogen-bond donors (Lipinski definition) is 4. The van der Waals surface area contributed by atoms with Gasteiger partial charge in [0.1, 0.15) is 12.1 Å². The molecular formula is C34H57N5O8S. The molecule has 0 aromatic heterocycles. The fourth-order valence-corrected chi connectivity index (χ4v) is 8.49. The Labute approximate surface area is 285 Å². The Morgan fingerprint density at radius 2 is 1.56 bits per heavy atom. The van der Waals surface area contributed by atoms with E-state index >= 15 is 0 Å². The molecule has 2 aliphatic carbocycles. The van der Waals surface area contributed by atoms with E-state index in [1.54, 1.807) is 20.8 Å². The second-order valence-corrected chi connectivity index (χ2v) is 18.2. The lowest BCUT2D eigenvalue weighted by molar-refractivity contribution is -0.144. The molecule has 0 aromatic carbocycles. The number of carbonyl (C=O) groups excluding carboxylic acids is 5. The average Bonchev–Trinajstić information content (AvgIpc) is 3.74. The van der Waals surface area contributed by atoms with Crippen LogP contribution >= 0.6 is 0 Å². The molecule has 2 saturated carbocycles. The normalized spacial score (nSPS) is 28.1. The smallest absolute Gasteiger partial charge is 0.315 e. The second kappa shape index (κ2) is 16.3. The van der Waals surface area contributed by atoms with Gasteiger partial charge in [0.2, 0.25) is 17.6 Å². The van der Waals surface area contributed by atoms with E-state index in [9.17, 15) is 32.4 Å². The Bertz CT molecular complexity index is 1290. The summed E-state index contributed by atoms with van der Waals surface area (Å²) in [6.45, 7) is 7.35. The minimum absolute atomic E-state index is 0.00560. The van der Waals surface area contributed by atoms with Gasteiger partial charge in [-0.25, -0.2) is 13.2 Å². The lowest BCUT2D eigenvalue weighted by Crippen LogP contribution is -2.62. The molecule has 4 fully saturated rings. The lowest BCUT2D eigenvalue weighted by Gasteiger charge is -2.40. The van der Waals surface area contributed by atoms with Gasteiger partial charge in [-0.1, -0.05) is 51.9 Å². The van der Waals surface area contributed by atoms with E-state index < -0.39 is 67.8 Å². The van der Waals surface area contributed by atoms with Crippen LogP contribution in [-0.2, 0) is 33.8 Å². The zero-order valence-corrected chi connectivity index (χ0v) is 30.1. The standard InChI is InChI=1S/C34H57N5O8S/c1-23-16-19-39-27(23)29(41)36-25(28(40)30(42)35-24-14-15-24)13-9-6-5-7-12-20-47-21-26(31(39)43)37-32(44)38-34(17-10-8-11-18-34)22-48(45,46)33(2,3)4/h23-27H,5-22H2,1-4H3,(H,35,42)(H,36,41)(H2,37,38,44)/t23-,25-,26-,27-/m0/s1. The van der Waals surface area contributed by atoms with Gasteiger partial charge >= 0.3 is 6.03 Å². The molecule has 4 aliphatic rings. The van der Waals surface area contributed by atoms with Gasteiger partial charge in [0, 0.05) is 19.2 Å².